The average molecular weight is 301 g/mol. The topological polar surface area (TPSA) is 77.8 Å². The Morgan fingerprint density at radius 1 is 1.29 bits per heavy atom. The Morgan fingerprint density at radius 3 is 2.90 bits per heavy atom. The number of halogens is 1. The SMILES string of the molecule is CCc1cnccc1-c1noc(-c2cc(N)cc(Cl)c2)n1. The summed E-state index contributed by atoms with van der Waals surface area (Å²) in [6.07, 6.45) is 4.36. The Morgan fingerprint density at radius 2 is 2.14 bits per heavy atom. The first-order valence-electron chi connectivity index (χ1n) is 6.50. The molecule has 0 spiro atoms. The lowest BCUT2D eigenvalue weighted by Crippen LogP contribution is -1.90. The molecule has 0 aliphatic carbocycles. The number of nitrogens with zero attached hydrogens (tertiary/aromatic N) is 3. The molecular formula is C15H13ClN4O. The zero-order valence-corrected chi connectivity index (χ0v) is 12.1. The van der Waals surface area contributed by atoms with Gasteiger partial charge in [0, 0.05) is 34.2 Å². The van der Waals surface area contributed by atoms with E-state index in [2.05, 4.69) is 22.0 Å². The maximum absolute atomic E-state index is 5.99. The number of aryl methyl sites for hydroxylation is 1. The lowest BCUT2D eigenvalue weighted by atomic mass is 10.1. The van der Waals surface area contributed by atoms with Gasteiger partial charge in [-0.1, -0.05) is 23.7 Å². The van der Waals surface area contributed by atoms with Crippen LogP contribution in [-0.4, -0.2) is 15.1 Å². The standard InChI is InChI=1S/C15H13ClN4O/c1-2-9-8-18-4-3-13(9)14-19-15(21-20-14)10-5-11(16)7-12(17)6-10/h3-8H,2,17H2,1H3. The van der Waals surface area contributed by atoms with Crippen molar-refractivity contribution in [1.82, 2.24) is 15.1 Å². The highest BCUT2D eigenvalue weighted by Gasteiger charge is 2.14. The van der Waals surface area contributed by atoms with Gasteiger partial charge >= 0.3 is 0 Å². The van der Waals surface area contributed by atoms with Crippen molar-refractivity contribution in [3.8, 4) is 22.8 Å². The summed E-state index contributed by atoms with van der Waals surface area (Å²) in [5.74, 6) is 0.917. The van der Waals surface area contributed by atoms with Crippen molar-refractivity contribution >= 4 is 17.3 Å². The number of aromatic nitrogens is 3. The first kappa shape index (κ1) is 13.6. The lowest BCUT2D eigenvalue weighted by molar-refractivity contribution is 0.432. The molecule has 3 aromatic rings. The van der Waals surface area contributed by atoms with E-state index in [1.54, 1.807) is 24.4 Å². The molecule has 2 heterocycles. The zero-order valence-electron chi connectivity index (χ0n) is 11.4. The molecule has 0 atom stereocenters. The van der Waals surface area contributed by atoms with Crippen LogP contribution >= 0.6 is 11.6 Å². The van der Waals surface area contributed by atoms with E-state index in [4.69, 9.17) is 21.9 Å². The van der Waals surface area contributed by atoms with Gasteiger partial charge in [0.05, 0.1) is 0 Å². The fourth-order valence-corrected chi connectivity index (χ4v) is 2.36. The summed E-state index contributed by atoms with van der Waals surface area (Å²) >= 11 is 5.99. The van der Waals surface area contributed by atoms with Gasteiger partial charge in [-0.3, -0.25) is 4.98 Å². The minimum absolute atomic E-state index is 0.387. The van der Waals surface area contributed by atoms with Crippen LogP contribution in [0.15, 0.2) is 41.2 Å². The molecule has 21 heavy (non-hydrogen) atoms. The van der Waals surface area contributed by atoms with Gasteiger partial charge < -0.3 is 10.3 Å². The number of anilines is 1. The zero-order chi connectivity index (χ0) is 14.8. The normalized spacial score (nSPS) is 10.8. The summed E-state index contributed by atoms with van der Waals surface area (Å²) in [5.41, 5.74) is 9.01. The molecule has 0 aliphatic rings. The van der Waals surface area contributed by atoms with Crippen molar-refractivity contribution in [2.45, 2.75) is 13.3 Å². The summed E-state index contributed by atoms with van der Waals surface area (Å²) in [7, 11) is 0. The summed E-state index contributed by atoms with van der Waals surface area (Å²) in [6, 6.07) is 7.03. The Hall–Kier alpha value is -2.40. The summed E-state index contributed by atoms with van der Waals surface area (Å²) in [5, 5.41) is 4.56. The molecule has 0 unspecified atom stereocenters. The minimum Gasteiger partial charge on any atom is -0.399 e. The quantitative estimate of drug-likeness (QED) is 0.748. The van der Waals surface area contributed by atoms with E-state index >= 15 is 0 Å². The first-order chi connectivity index (χ1) is 10.2. The second kappa shape index (κ2) is 5.54. The van der Waals surface area contributed by atoms with Crippen LogP contribution in [0.3, 0.4) is 0 Å². The molecule has 0 saturated carbocycles. The maximum atomic E-state index is 5.99. The van der Waals surface area contributed by atoms with Crippen LogP contribution in [0.25, 0.3) is 22.8 Å². The van der Waals surface area contributed by atoms with E-state index in [1.165, 1.54) is 0 Å². The highest BCUT2D eigenvalue weighted by molar-refractivity contribution is 6.31. The third-order valence-electron chi connectivity index (χ3n) is 3.12. The second-order valence-corrected chi connectivity index (χ2v) is 5.02. The van der Waals surface area contributed by atoms with Crippen LogP contribution in [0.1, 0.15) is 12.5 Å². The third kappa shape index (κ3) is 2.73. The highest BCUT2D eigenvalue weighted by Crippen LogP contribution is 2.27. The largest absolute Gasteiger partial charge is 0.399 e. The monoisotopic (exact) mass is 300 g/mol. The van der Waals surface area contributed by atoms with Crippen LogP contribution < -0.4 is 5.73 Å². The number of hydrogen-bond donors (Lipinski definition) is 1. The number of pyridine rings is 1. The van der Waals surface area contributed by atoms with Crippen molar-refractivity contribution < 1.29 is 4.52 Å². The predicted molar refractivity (Wildman–Crippen MR) is 81.8 cm³/mol. The van der Waals surface area contributed by atoms with Gasteiger partial charge in [0.25, 0.3) is 5.89 Å². The van der Waals surface area contributed by atoms with Crippen LogP contribution in [0, 0.1) is 0 Å². The van der Waals surface area contributed by atoms with Crippen molar-refractivity contribution in [3.05, 3.63) is 47.2 Å². The molecule has 0 bridgehead atoms. The summed E-state index contributed by atoms with van der Waals surface area (Å²) < 4.78 is 5.32. The number of nitrogen functional groups attached to an aromatic ring is 1. The Bertz CT molecular complexity index is 765. The third-order valence-corrected chi connectivity index (χ3v) is 3.34. The maximum Gasteiger partial charge on any atom is 0.258 e. The van der Waals surface area contributed by atoms with Gasteiger partial charge in [0.15, 0.2) is 0 Å². The molecule has 2 aromatic heterocycles. The Labute approximate surface area is 126 Å². The molecular weight excluding hydrogens is 288 g/mol. The molecule has 0 aliphatic heterocycles. The molecule has 106 valence electrons. The lowest BCUT2D eigenvalue weighted by Gasteiger charge is -2.01. The van der Waals surface area contributed by atoms with Crippen LogP contribution in [0.4, 0.5) is 5.69 Å². The minimum atomic E-state index is 0.387. The molecule has 3 rings (SSSR count). The second-order valence-electron chi connectivity index (χ2n) is 4.58. The van der Waals surface area contributed by atoms with Gasteiger partial charge in [0.2, 0.25) is 5.82 Å². The fourth-order valence-electron chi connectivity index (χ4n) is 2.11. The van der Waals surface area contributed by atoms with Gasteiger partial charge in [-0.25, -0.2) is 0 Å². The average Bonchev–Trinajstić information content (AvgIpc) is 2.96. The van der Waals surface area contributed by atoms with Gasteiger partial charge in [0.1, 0.15) is 0 Å². The van der Waals surface area contributed by atoms with Crippen molar-refractivity contribution in [2.24, 2.45) is 0 Å². The molecule has 0 radical (unpaired) electrons. The van der Waals surface area contributed by atoms with E-state index in [1.807, 2.05) is 12.3 Å². The fraction of sp³-hybridized carbons (Fsp3) is 0.133. The van der Waals surface area contributed by atoms with Gasteiger partial charge in [-0.15, -0.1) is 0 Å². The van der Waals surface area contributed by atoms with Crippen LogP contribution in [-0.2, 0) is 6.42 Å². The molecule has 0 fully saturated rings. The van der Waals surface area contributed by atoms with E-state index < -0.39 is 0 Å². The van der Waals surface area contributed by atoms with Crippen LogP contribution in [0.5, 0.6) is 0 Å². The molecule has 6 heteroatoms. The number of benzene rings is 1. The van der Waals surface area contributed by atoms with E-state index in [9.17, 15) is 0 Å². The van der Waals surface area contributed by atoms with Gasteiger partial charge in [-0.2, -0.15) is 4.98 Å². The van der Waals surface area contributed by atoms with Crippen LogP contribution in [0.2, 0.25) is 5.02 Å². The molecule has 0 amide bonds. The van der Waals surface area contributed by atoms with Crippen molar-refractivity contribution in [3.63, 3.8) is 0 Å². The van der Waals surface area contributed by atoms with Crippen molar-refractivity contribution in [2.75, 3.05) is 5.73 Å². The van der Waals surface area contributed by atoms with E-state index in [-0.39, 0.29) is 0 Å². The molecule has 1 aromatic carbocycles. The number of hydrogen-bond acceptors (Lipinski definition) is 5. The van der Waals surface area contributed by atoms with E-state index in [0.29, 0.717) is 28.0 Å². The Kier molecular flexibility index (Phi) is 3.58. The van der Waals surface area contributed by atoms with Gasteiger partial charge in [-0.05, 0) is 36.2 Å². The summed E-state index contributed by atoms with van der Waals surface area (Å²) in [4.78, 5) is 8.53. The molecule has 5 nitrogen and oxygen atoms in total. The number of rotatable bonds is 3. The highest BCUT2D eigenvalue weighted by atomic mass is 35.5. The number of nitrogens with two attached hydrogens (primary N) is 1. The predicted octanol–water partition coefficient (Wildman–Crippen LogP) is 3.60. The van der Waals surface area contributed by atoms with Crippen molar-refractivity contribution in [1.29, 1.82) is 0 Å². The molecule has 0 saturated heterocycles. The molecule has 2 N–H and O–H groups in total. The summed E-state index contributed by atoms with van der Waals surface area (Å²) in [6.45, 7) is 2.05. The van der Waals surface area contributed by atoms with E-state index in [0.717, 1.165) is 17.5 Å². The first-order valence-corrected chi connectivity index (χ1v) is 6.88. The smallest absolute Gasteiger partial charge is 0.258 e. The Balaban J connectivity index is 2.04.